The Morgan fingerprint density at radius 2 is 1.95 bits per heavy atom. The highest BCUT2D eigenvalue weighted by molar-refractivity contribution is 6.07. The van der Waals surface area contributed by atoms with Crippen molar-refractivity contribution in [2.75, 3.05) is 25.6 Å². The monoisotopic (exact) mass is 302 g/mol. The number of hydrogen-bond acceptors (Lipinski definition) is 4. The third kappa shape index (κ3) is 4.20. The van der Waals surface area contributed by atoms with Gasteiger partial charge in [-0.15, -0.1) is 0 Å². The third-order valence-electron chi connectivity index (χ3n) is 2.98. The number of benzene rings is 1. The highest BCUT2D eigenvalue weighted by Gasteiger charge is 2.14. The summed E-state index contributed by atoms with van der Waals surface area (Å²) >= 11 is 0. The Labute approximate surface area is 128 Å². The van der Waals surface area contributed by atoms with Crippen molar-refractivity contribution < 1.29 is 18.7 Å². The minimum Gasteiger partial charge on any atom is -0.459 e. The van der Waals surface area contributed by atoms with Gasteiger partial charge in [0.15, 0.2) is 5.76 Å². The first-order valence-electron chi connectivity index (χ1n) is 6.93. The number of rotatable bonds is 7. The number of methoxy groups -OCH3 is 1. The Morgan fingerprint density at radius 3 is 2.68 bits per heavy atom. The zero-order valence-corrected chi connectivity index (χ0v) is 12.3. The summed E-state index contributed by atoms with van der Waals surface area (Å²) in [4.78, 5) is 24.2. The number of anilines is 1. The van der Waals surface area contributed by atoms with E-state index in [1.54, 1.807) is 43.5 Å². The van der Waals surface area contributed by atoms with E-state index in [-0.39, 0.29) is 11.7 Å². The molecule has 1 aromatic heterocycles. The number of hydrogen-bond donors (Lipinski definition) is 2. The van der Waals surface area contributed by atoms with E-state index in [1.165, 1.54) is 6.26 Å². The Bertz CT molecular complexity index is 623. The van der Waals surface area contributed by atoms with Gasteiger partial charge in [-0.2, -0.15) is 0 Å². The van der Waals surface area contributed by atoms with Crippen molar-refractivity contribution in [1.82, 2.24) is 5.32 Å². The normalized spacial score (nSPS) is 10.2. The van der Waals surface area contributed by atoms with E-state index < -0.39 is 5.91 Å². The van der Waals surface area contributed by atoms with Crippen LogP contribution < -0.4 is 10.6 Å². The average Bonchev–Trinajstić information content (AvgIpc) is 3.06. The van der Waals surface area contributed by atoms with Crippen LogP contribution in [0.4, 0.5) is 5.69 Å². The molecule has 6 nitrogen and oxygen atoms in total. The van der Waals surface area contributed by atoms with Crippen LogP contribution in [0.2, 0.25) is 0 Å². The van der Waals surface area contributed by atoms with Gasteiger partial charge in [-0.1, -0.05) is 12.1 Å². The van der Waals surface area contributed by atoms with Gasteiger partial charge in [0.1, 0.15) is 0 Å². The van der Waals surface area contributed by atoms with E-state index in [9.17, 15) is 9.59 Å². The van der Waals surface area contributed by atoms with Gasteiger partial charge < -0.3 is 19.8 Å². The summed E-state index contributed by atoms with van der Waals surface area (Å²) in [6, 6.07) is 10.0. The summed E-state index contributed by atoms with van der Waals surface area (Å²) in [5.74, 6) is -0.452. The maximum absolute atomic E-state index is 12.2. The molecule has 0 aliphatic rings. The van der Waals surface area contributed by atoms with Crippen molar-refractivity contribution in [2.45, 2.75) is 6.42 Å². The Balaban J connectivity index is 2.03. The molecule has 0 atom stereocenters. The van der Waals surface area contributed by atoms with Crippen molar-refractivity contribution in [1.29, 1.82) is 0 Å². The van der Waals surface area contributed by atoms with E-state index in [0.29, 0.717) is 24.4 Å². The molecule has 2 aromatic rings. The molecule has 0 saturated carbocycles. The first-order chi connectivity index (χ1) is 10.7. The van der Waals surface area contributed by atoms with Gasteiger partial charge in [0.25, 0.3) is 11.8 Å². The van der Waals surface area contributed by atoms with E-state index >= 15 is 0 Å². The number of para-hydroxylation sites is 1. The molecule has 0 aliphatic heterocycles. The largest absolute Gasteiger partial charge is 0.459 e. The first-order valence-corrected chi connectivity index (χ1v) is 6.93. The molecule has 0 fully saturated rings. The summed E-state index contributed by atoms with van der Waals surface area (Å²) in [6.07, 6.45) is 2.15. The maximum atomic E-state index is 12.2. The molecule has 0 radical (unpaired) electrons. The molecule has 0 saturated heterocycles. The van der Waals surface area contributed by atoms with Gasteiger partial charge in [-0.25, -0.2) is 0 Å². The van der Waals surface area contributed by atoms with E-state index in [1.807, 2.05) is 0 Å². The molecule has 0 unspecified atom stereocenters. The molecule has 2 N–H and O–H groups in total. The molecule has 2 amide bonds. The fraction of sp³-hybridized carbons (Fsp3) is 0.250. The number of amides is 2. The second-order valence-electron chi connectivity index (χ2n) is 4.58. The second-order valence-corrected chi connectivity index (χ2v) is 4.58. The summed E-state index contributed by atoms with van der Waals surface area (Å²) in [6.45, 7) is 1.09. The fourth-order valence-electron chi connectivity index (χ4n) is 1.90. The Morgan fingerprint density at radius 1 is 1.14 bits per heavy atom. The SMILES string of the molecule is COCCCNC(=O)c1ccccc1NC(=O)c1ccco1. The van der Waals surface area contributed by atoms with Crippen LogP contribution in [0.25, 0.3) is 0 Å². The second kappa shape index (κ2) is 7.99. The number of carbonyl (C=O) groups excluding carboxylic acids is 2. The van der Waals surface area contributed by atoms with Crippen molar-refractivity contribution in [2.24, 2.45) is 0 Å². The van der Waals surface area contributed by atoms with Crippen LogP contribution in [0.15, 0.2) is 47.1 Å². The van der Waals surface area contributed by atoms with Gasteiger partial charge in [-0.3, -0.25) is 9.59 Å². The van der Waals surface area contributed by atoms with Gasteiger partial charge in [-0.05, 0) is 30.7 Å². The van der Waals surface area contributed by atoms with Crippen molar-refractivity contribution >= 4 is 17.5 Å². The number of carbonyl (C=O) groups is 2. The predicted molar refractivity (Wildman–Crippen MR) is 81.9 cm³/mol. The molecule has 116 valence electrons. The van der Waals surface area contributed by atoms with Crippen LogP contribution in [-0.2, 0) is 4.74 Å². The van der Waals surface area contributed by atoms with Crippen molar-refractivity contribution in [3.8, 4) is 0 Å². The fourth-order valence-corrected chi connectivity index (χ4v) is 1.90. The lowest BCUT2D eigenvalue weighted by atomic mass is 10.1. The minimum atomic E-state index is -0.398. The topological polar surface area (TPSA) is 80.6 Å². The minimum absolute atomic E-state index is 0.190. The highest BCUT2D eigenvalue weighted by Crippen LogP contribution is 2.16. The zero-order chi connectivity index (χ0) is 15.8. The van der Waals surface area contributed by atoms with E-state index in [2.05, 4.69) is 10.6 Å². The van der Waals surface area contributed by atoms with Crippen LogP contribution in [0.1, 0.15) is 27.3 Å². The standard InChI is InChI=1S/C16H18N2O4/c1-21-10-5-9-17-15(19)12-6-2-3-7-13(12)18-16(20)14-8-4-11-22-14/h2-4,6-8,11H,5,9-10H2,1H3,(H,17,19)(H,18,20). The van der Waals surface area contributed by atoms with Gasteiger partial charge in [0, 0.05) is 20.3 Å². The molecule has 0 bridgehead atoms. The highest BCUT2D eigenvalue weighted by atomic mass is 16.5. The lowest BCUT2D eigenvalue weighted by Crippen LogP contribution is -2.26. The van der Waals surface area contributed by atoms with Crippen LogP contribution in [0.3, 0.4) is 0 Å². The molecule has 2 rings (SSSR count). The Kier molecular flexibility index (Phi) is 5.73. The van der Waals surface area contributed by atoms with Crippen LogP contribution in [-0.4, -0.2) is 32.1 Å². The molecular formula is C16H18N2O4. The molecule has 6 heteroatoms. The third-order valence-corrected chi connectivity index (χ3v) is 2.98. The molecule has 1 heterocycles. The number of furan rings is 1. The molecule has 22 heavy (non-hydrogen) atoms. The van der Waals surface area contributed by atoms with Gasteiger partial charge in [0.05, 0.1) is 17.5 Å². The smallest absolute Gasteiger partial charge is 0.291 e. The predicted octanol–water partition coefficient (Wildman–Crippen LogP) is 2.30. The van der Waals surface area contributed by atoms with E-state index in [0.717, 1.165) is 6.42 Å². The van der Waals surface area contributed by atoms with E-state index in [4.69, 9.17) is 9.15 Å². The maximum Gasteiger partial charge on any atom is 0.291 e. The first kappa shape index (κ1) is 15.8. The van der Waals surface area contributed by atoms with Crippen molar-refractivity contribution in [3.63, 3.8) is 0 Å². The van der Waals surface area contributed by atoms with Crippen molar-refractivity contribution in [3.05, 3.63) is 54.0 Å². The van der Waals surface area contributed by atoms with Gasteiger partial charge >= 0.3 is 0 Å². The van der Waals surface area contributed by atoms with Gasteiger partial charge in [0.2, 0.25) is 0 Å². The van der Waals surface area contributed by atoms with Crippen LogP contribution >= 0.6 is 0 Å². The molecule has 1 aromatic carbocycles. The lowest BCUT2D eigenvalue weighted by Gasteiger charge is -2.10. The summed E-state index contributed by atoms with van der Waals surface area (Å²) < 4.78 is 9.96. The quantitative estimate of drug-likeness (QED) is 0.769. The Hall–Kier alpha value is -2.60. The number of nitrogens with one attached hydrogen (secondary N) is 2. The summed E-state index contributed by atoms with van der Waals surface area (Å²) in [5.41, 5.74) is 0.841. The van der Waals surface area contributed by atoms with Crippen LogP contribution in [0.5, 0.6) is 0 Å². The average molecular weight is 302 g/mol. The lowest BCUT2D eigenvalue weighted by molar-refractivity contribution is 0.0949. The summed E-state index contributed by atoms with van der Waals surface area (Å²) in [7, 11) is 1.61. The molecule has 0 spiro atoms. The summed E-state index contributed by atoms with van der Waals surface area (Å²) in [5, 5.41) is 5.47. The zero-order valence-electron chi connectivity index (χ0n) is 12.3. The van der Waals surface area contributed by atoms with Crippen LogP contribution in [0, 0.1) is 0 Å². The molecule has 0 aliphatic carbocycles. The number of ether oxygens (including phenoxy) is 1. The molecular weight excluding hydrogens is 284 g/mol.